The number of nitrogens with zero attached hydrogens (tertiary/aromatic N) is 2. The lowest BCUT2D eigenvalue weighted by atomic mass is 9.46. The predicted molar refractivity (Wildman–Crippen MR) is 111 cm³/mol. The maximum Gasteiger partial charge on any atom is 0.0968 e. The van der Waals surface area contributed by atoms with E-state index < -0.39 is 0 Å². The van der Waals surface area contributed by atoms with Crippen molar-refractivity contribution in [2.24, 2.45) is 10.8 Å². The van der Waals surface area contributed by atoms with Crippen LogP contribution in [0.1, 0.15) is 70.9 Å². The highest BCUT2D eigenvalue weighted by Gasteiger charge is 2.61. The van der Waals surface area contributed by atoms with E-state index in [1.165, 1.54) is 54.0 Å². The van der Waals surface area contributed by atoms with Gasteiger partial charge in [0.25, 0.3) is 0 Å². The van der Waals surface area contributed by atoms with Crippen molar-refractivity contribution < 1.29 is 0 Å². The lowest BCUT2D eigenvalue weighted by Gasteiger charge is -2.58. The summed E-state index contributed by atoms with van der Waals surface area (Å²) in [4.78, 5) is 10.0. The maximum atomic E-state index is 5.02. The van der Waals surface area contributed by atoms with Crippen LogP contribution < -0.4 is 0 Å². The smallest absolute Gasteiger partial charge is 0.0968 e. The first-order chi connectivity index (χ1) is 12.7. The highest BCUT2D eigenvalue weighted by molar-refractivity contribution is 6.04. The summed E-state index contributed by atoms with van der Waals surface area (Å²) < 4.78 is 0. The molecule has 138 valence electrons. The fourth-order valence-electron chi connectivity index (χ4n) is 8.52. The lowest BCUT2D eigenvalue weighted by molar-refractivity contribution is -0.0415. The summed E-state index contributed by atoms with van der Waals surface area (Å²) >= 11 is 0. The van der Waals surface area contributed by atoms with Crippen LogP contribution in [0, 0.1) is 10.8 Å². The van der Waals surface area contributed by atoms with Crippen LogP contribution in [0.3, 0.4) is 0 Å². The van der Waals surface area contributed by atoms with Gasteiger partial charge in [0, 0.05) is 23.2 Å². The van der Waals surface area contributed by atoms with E-state index in [0.29, 0.717) is 10.8 Å². The summed E-state index contributed by atoms with van der Waals surface area (Å²) in [5.74, 6) is 0. The van der Waals surface area contributed by atoms with Gasteiger partial charge in [-0.2, -0.15) is 0 Å². The standard InChI is InChI=1S/C25H28N2/c1-22-11-23(2)13-24(3,12-22)18-10-27-20-17-8-6-5-7-16(17)9-26-21(20)19(18)25(4,14-22)15-23/h5-10H,11-15H2,1-4H3. The number of benzene rings is 1. The van der Waals surface area contributed by atoms with Gasteiger partial charge in [0.15, 0.2) is 0 Å². The Morgan fingerprint density at radius 1 is 0.704 bits per heavy atom. The van der Waals surface area contributed by atoms with Gasteiger partial charge in [-0.1, -0.05) is 52.0 Å². The second-order valence-electron chi connectivity index (χ2n) is 11.2. The molecule has 0 saturated heterocycles. The molecule has 4 aliphatic carbocycles. The van der Waals surface area contributed by atoms with Gasteiger partial charge in [0.1, 0.15) is 0 Å². The molecular formula is C25H28N2. The van der Waals surface area contributed by atoms with Crippen molar-refractivity contribution in [1.82, 2.24) is 9.97 Å². The number of hydrogen-bond donors (Lipinski definition) is 0. The summed E-state index contributed by atoms with van der Waals surface area (Å²) in [6.45, 7) is 10.1. The highest BCUT2D eigenvalue weighted by Crippen LogP contribution is 2.70. The molecular weight excluding hydrogens is 328 g/mol. The van der Waals surface area contributed by atoms with Crippen LogP contribution in [-0.2, 0) is 10.8 Å². The number of pyridine rings is 2. The second-order valence-corrected chi connectivity index (χ2v) is 11.2. The summed E-state index contributed by atoms with van der Waals surface area (Å²) in [5.41, 5.74) is 6.54. The van der Waals surface area contributed by atoms with E-state index in [4.69, 9.17) is 9.97 Å². The van der Waals surface area contributed by atoms with Gasteiger partial charge in [0.2, 0.25) is 0 Å². The SMILES string of the molecule is CC12CC3(C)CC(C)(C1)c1cnc4c(ncc5ccccc54)c1C(C)(C2)C3. The molecule has 7 rings (SSSR count). The molecule has 2 nitrogen and oxygen atoms in total. The third kappa shape index (κ3) is 1.97. The molecule has 2 fully saturated rings. The fourth-order valence-corrected chi connectivity index (χ4v) is 8.52. The van der Waals surface area contributed by atoms with Crippen LogP contribution in [-0.4, -0.2) is 9.97 Å². The number of fused-ring (bicyclic) bond motifs is 3. The first-order valence-corrected chi connectivity index (χ1v) is 10.4. The predicted octanol–water partition coefficient (Wildman–Crippen LogP) is 6.30. The van der Waals surface area contributed by atoms with Crippen molar-refractivity contribution in [1.29, 1.82) is 0 Å². The first-order valence-electron chi connectivity index (χ1n) is 10.4. The van der Waals surface area contributed by atoms with E-state index in [-0.39, 0.29) is 10.8 Å². The molecule has 2 heteroatoms. The third-order valence-corrected chi connectivity index (χ3v) is 7.98. The van der Waals surface area contributed by atoms with Gasteiger partial charge in [-0.05, 0) is 64.9 Å². The average molecular weight is 357 g/mol. The molecule has 2 unspecified atom stereocenters. The molecule has 2 heterocycles. The monoisotopic (exact) mass is 356 g/mol. The minimum absolute atomic E-state index is 0.196. The quantitative estimate of drug-likeness (QED) is 0.442. The van der Waals surface area contributed by atoms with Crippen molar-refractivity contribution in [3.05, 3.63) is 47.8 Å². The fraction of sp³-hybridized carbons (Fsp3) is 0.520. The largest absolute Gasteiger partial charge is 0.254 e. The Labute approximate surface area is 161 Å². The Bertz CT molecular complexity index is 1110. The summed E-state index contributed by atoms with van der Waals surface area (Å²) in [5, 5.41) is 2.42. The number of aromatic nitrogens is 2. The Balaban J connectivity index is 1.76. The first kappa shape index (κ1) is 16.0. The third-order valence-electron chi connectivity index (χ3n) is 7.98. The van der Waals surface area contributed by atoms with Crippen LogP contribution in [0.5, 0.6) is 0 Å². The van der Waals surface area contributed by atoms with E-state index >= 15 is 0 Å². The lowest BCUT2D eigenvalue weighted by Crippen LogP contribution is -2.50. The average Bonchev–Trinajstić information content (AvgIpc) is 2.66. The molecule has 1 aromatic carbocycles. The molecule has 2 saturated carbocycles. The Morgan fingerprint density at radius 3 is 2.07 bits per heavy atom. The second kappa shape index (κ2) is 4.54. The Morgan fingerprint density at radius 2 is 1.33 bits per heavy atom. The van der Waals surface area contributed by atoms with Crippen LogP contribution in [0.15, 0.2) is 36.7 Å². The molecule has 0 aliphatic heterocycles. The van der Waals surface area contributed by atoms with Gasteiger partial charge in [-0.3, -0.25) is 9.97 Å². The molecule has 0 radical (unpaired) electrons. The molecule has 0 spiro atoms. The molecule has 4 bridgehead atoms. The molecule has 2 aromatic heterocycles. The van der Waals surface area contributed by atoms with E-state index in [1.54, 1.807) is 0 Å². The summed E-state index contributed by atoms with van der Waals surface area (Å²) in [7, 11) is 0. The number of hydrogen-bond acceptors (Lipinski definition) is 2. The maximum absolute atomic E-state index is 5.02. The summed E-state index contributed by atoms with van der Waals surface area (Å²) in [6, 6.07) is 8.55. The molecule has 0 N–H and O–H groups in total. The topological polar surface area (TPSA) is 25.8 Å². The summed E-state index contributed by atoms with van der Waals surface area (Å²) in [6.07, 6.45) is 10.8. The zero-order chi connectivity index (χ0) is 18.7. The van der Waals surface area contributed by atoms with E-state index in [1.807, 2.05) is 0 Å². The molecule has 4 aliphatic rings. The van der Waals surface area contributed by atoms with E-state index in [9.17, 15) is 0 Å². The van der Waals surface area contributed by atoms with Crippen molar-refractivity contribution in [2.45, 2.75) is 70.6 Å². The molecule has 2 atom stereocenters. The van der Waals surface area contributed by atoms with Crippen LogP contribution in [0.2, 0.25) is 0 Å². The van der Waals surface area contributed by atoms with Gasteiger partial charge >= 0.3 is 0 Å². The zero-order valence-corrected chi connectivity index (χ0v) is 16.9. The minimum Gasteiger partial charge on any atom is -0.254 e. The minimum atomic E-state index is 0.196. The van der Waals surface area contributed by atoms with Gasteiger partial charge in [-0.15, -0.1) is 0 Å². The van der Waals surface area contributed by atoms with E-state index in [0.717, 1.165) is 11.0 Å². The highest BCUT2D eigenvalue weighted by atomic mass is 14.8. The zero-order valence-electron chi connectivity index (χ0n) is 16.9. The molecule has 27 heavy (non-hydrogen) atoms. The number of rotatable bonds is 0. The normalized spacial score (nSPS) is 39.7. The van der Waals surface area contributed by atoms with Crippen molar-refractivity contribution >= 4 is 21.8 Å². The van der Waals surface area contributed by atoms with Gasteiger partial charge in [0.05, 0.1) is 11.0 Å². The van der Waals surface area contributed by atoms with E-state index in [2.05, 4.69) is 64.4 Å². The van der Waals surface area contributed by atoms with Crippen molar-refractivity contribution in [3.63, 3.8) is 0 Å². The van der Waals surface area contributed by atoms with Crippen LogP contribution in [0.4, 0.5) is 0 Å². The van der Waals surface area contributed by atoms with Gasteiger partial charge in [-0.25, -0.2) is 0 Å². The van der Waals surface area contributed by atoms with Gasteiger partial charge < -0.3 is 0 Å². The molecule has 0 amide bonds. The van der Waals surface area contributed by atoms with Crippen molar-refractivity contribution in [2.75, 3.05) is 0 Å². The Hall–Kier alpha value is -1.96. The Kier molecular flexibility index (Phi) is 2.69. The van der Waals surface area contributed by atoms with Crippen molar-refractivity contribution in [3.8, 4) is 0 Å². The molecule has 3 aromatic rings. The van der Waals surface area contributed by atoms with Crippen LogP contribution >= 0.6 is 0 Å². The van der Waals surface area contributed by atoms with Crippen LogP contribution in [0.25, 0.3) is 21.8 Å².